The molecular formula is C12H19N2O4P. The van der Waals surface area contributed by atoms with E-state index >= 15 is 0 Å². The lowest BCUT2D eigenvalue weighted by Gasteiger charge is -2.23. The maximum Gasteiger partial charge on any atom is 0.257 e. The number of methoxy groups -OCH3 is 1. The molecule has 1 atom stereocenters. The summed E-state index contributed by atoms with van der Waals surface area (Å²) in [7, 11) is -0.931. The first-order chi connectivity index (χ1) is 8.88. The molecule has 0 saturated heterocycles. The lowest BCUT2D eigenvalue weighted by molar-refractivity contribution is -0.128. The van der Waals surface area contributed by atoms with Crippen LogP contribution in [-0.4, -0.2) is 38.1 Å². The van der Waals surface area contributed by atoms with Crippen molar-refractivity contribution in [2.75, 3.05) is 27.0 Å². The molecule has 0 aromatic heterocycles. The van der Waals surface area contributed by atoms with Crippen LogP contribution in [-0.2, 0) is 9.36 Å². The number of nitrogens with one attached hydrogen (secondary N) is 2. The minimum atomic E-state index is -2.50. The fourth-order valence-electron chi connectivity index (χ4n) is 1.71. The second-order valence-corrected chi connectivity index (χ2v) is 7.91. The normalized spacial score (nSPS) is 12.8. The van der Waals surface area contributed by atoms with Gasteiger partial charge in [-0.2, -0.15) is 0 Å². The maximum absolute atomic E-state index is 12.3. The Morgan fingerprint density at radius 1 is 1.37 bits per heavy atom. The number of rotatable bonds is 6. The Morgan fingerprint density at radius 3 is 2.37 bits per heavy atom. The smallest absolute Gasteiger partial charge is 0.257 e. The van der Waals surface area contributed by atoms with Crippen LogP contribution in [0, 0.1) is 0 Å². The molecule has 0 fully saturated rings. The van der Waals surface area contributed by atoms with Gasteiger partial charge in [-0.1, -0.05) is 12.1 Å². The van der Waals surface area contributed by atoms with E-state index in [4.69, 9.17) is 9.94 Å². The summed E-state index contributed by atoms with van der Waals surface area (Å²) in [6, 6.07) is 7.14. The van der Waals surface area contributed by atoms with Crippen molar-refractivity contribution in [2.45, 2.75) is 5.78 Å². The molecule has 0 heterocycles. The molecule has 106 valence electrons. The summed E-state index contributed by atoms with van der Waals surface area (Å²) >= 11 is 0. The van der Waals surface area contributed by atoms with Gasteiger partial charge >= 0.3 is 0 Å². The van der Waals surface area contributed by atoms with E-state index in [2.05, 4.69) is 5.32 Å². The summed E-state index contributed by atoms with van der Waals surface area (Å²) in [5.74, 6) is -0.319. The molecular weight excluding hydrogens is 267 g/mol. The summed E-state index contributed by atoms with van der Waals surface area (Å²) in [5, 5.41) is 11.4. The van der Waals surface area contributed by atoms with Crippen molar-refractivity contribution in [1.29, 1.82) is 0 Å². The summed E-state index contributed by atoms with van der Waals surface area (Å²) in [4.78, 5) is 11.0. The van der Waals surface area contributed by atoms with Crippen molar-refractivity contribution < 1.29 is 19.3 Å². The lowest BCUT2D eigenvalue weighted by atomic mass is 10.2. The van der Waals surface area contributed by atoms with Crippen LogP contribution in [0.1, 0.15) is 11.3 Å². The fraction of sp³-hybridized carbons (Fsp3) is 0.417. The first-order valence-corrected chi connectivity index (χ1v) is 8.40. The zero-order chi connectivity index (χ0) is 14.5. The van der Waals surface area contributed by atoms with Crippen molar-refractivity contribution in [1.82, 2.24) is 10.8 Å². The molecule has 0 spiro atoms. The van der Waals surface area contributed by atoms with E-state index in [0.717, 1.165) is 5.56 Å². The zero-order valence-electron chi connectivity index (χ0n) is 11.2. The summed E-state index contributed by atoms with van der Waals surface area (Å²) in [6.45, 7) is 3.18. The standard InChI is InChI=1S/C12H19N2O4P/c1-18-10-6-4-9(5-7-10)12(19(2,3)17)13-8-11(15)14-16/h4-7,12-13,16H,8H2,1-3H3,(H,14,15). The Bertz CT molecular complexity index is 469. The monoisotopic (exact) mass is 286 g/mol. The van der Waals surface area contributed by atoms with Gasteiger partial charge in [-0.25, -0.2) is 5.48 Å². The van der Waals surface area contributed by atoms with Crippen LogP contribution in [0.4, 0.5) is 0 Å². The van der Waals surface area contributed by atoms with Crippen LogP contribution in [0.3, 0.4) is 0 Å². The van der Waals surface area contributed by atoms with Gasteiger partial charge in [0.25, 0.3) is 5.91 Å². The number of benzene rings is 1. The van der Waals surface area contributed by atoms with Crippen LogP contribution >= 0.6 is 7.14 Å². The van der Waals surface area contributed by atoms with Crippen molar-refractivity contribution >= 4 is 13.0 Å². The third-order valence-corrected chi connectivity index (χ3v) is 4.36. The average molecular weight is 286 g/mol. The van der Waals surface area contributed by atoms with Crippen molar-refractivity contribution in [3.63, 3.8) is 0 Å². The van der Waals surface area contributed by atoms with Crippen LogP contribution in [0.2, 0.25) is 0 Å². The molecule has 1 rings (SSSR count). The molecule has 19 heavy (non-hydrogen) atoms. The second kappa shape index (κ2) is 6.70. The number of carbonyl (C=O) groups excluding carboxylic acids is 1. The summed E-state index contributed by atoms with van der Waals surface area (Å²) in [6.07, 6.45) is 0. The number of ether oxygens (including phenoxy) is 1. The van der Waals surface area contributed by atoms with Crippen molar-refractivity contribution in [3.05, 3.63) is 29.8 Å². The van der Waals surface area contributed by atoms with Gasteiger partial charge in [-0.3, -0.25) is 15.3 Å². The molecule has 1 aromatic rings. The van der Waals surface area contributed by atoms with E-state index in [0.29, 0.717) is 5.75 Å². The van der Waals surface area contributed by atoms with E-state index in [-0.39, 0.29) is 6.54 Å². The molecule has 0 radical (unpaired) electrons. The van der Waals surface area contributed by atoms with Crippen LogP contribution in [0.25, 0.3) is 0 Å². The Kier molecular flexibility index (Phi) is 5.54. The average Bonchev–Trinajstić information content (AvgIpc) is 2.37. The molecule has 1 amide bonds. The summed E-state index contributed by atoms with van der Waals surface area (Å²) in [5.41, 5.74) is 2.34. The predicted molar refractivity (Wildman–Crippen MR) is 73.1 cm³/mol. The first kappa shape index (κ1) is 15.7. The highest BCUT2D eigenvalue weighted by Gasteiger charge is 2.25. The summed E-state index contributed by atoms with van der Waals surface area (Å²) < 4.78 is 17.3. The molecule has 0 aliphatic heterocycles. The van der Waals surface area contributed by atoms with E-state index < -0.39 is 18.8 Å². The quantitative estimate of drug-likeness (QED) is 0.418. The van der Waals surface area contributed by atoms with Crippen molar-refractivity contribution in [2.24, 2.45) is 0 Å². The Morgan fingerprint density at radius 2 is 1.95 bits per heavy atom. The van der Waals surface area contributed by atoms with Gasteiger partial charge in [-0.15, -0.1) is 0 Å². The number of carbonyl (C=O) groups is 1. The molecule has 0 aliphatic carbocycles. The number of hydrogen-bond donors (Lipinski definition) is 3. The third kappa shape index (κ3) is 4.67. The maximum atomic E-state index is 12.3. The second-order valence-electron chi connectivity index (χ2n) is 4.53. The first-order valence-electron chi connectivity index (χ1n) is 5.73. The molecule has 3 N–H and O–H groups in total. The Balaban J connectivity index is 2.90. The van der Waals surface area contributed by atoms with Gasteiger partial charge in [0.2, 0.25) is 0 Å². The van der Waals surface area contributed by atoms with Gasteiger partial charge in [0, 0.05) is 0 Å². The van der Waals surface area contributed by atoms with Crippen molar-refractivity contribution in [3.8, 4) is 5.75 Å². The third-order valence-electron chi connectivity index (χ3n) is 2.63. The highest BCUT2D eigenvalue weighted by molar-refractivity contribution is 7.62. The van der Waals surface area contributed by atoms with E-state index in [1.807, 2.05) is 0 Å². The van der Waals surface area contributed by atoms with Gasteiger partial charge in [0.15, 0.2) is 0 Å². The minimum absolute atomic E-state index is 0.112. The zero-order valence-corrected chi connectivity index (χ0v) is 12.1. The molecule has 7 heteroatoms. The number of hydrogen-bond acceptors (Lipinski definition) is 5. The highest BCUT2D eigenvalue weighted by atomic mass is 31.2. The molecule has 1 unspecified atom stereocenters. The highest BCUT2D eigenvalue weighted by Crippen LogP contribution is 2.50. The van der Waals surface area contributed by atoms with Crippen LogP contribution < -0.4 is 15.5 Å². The molecule has 0 bridgehead atoms. The largest absolute Gasteiger partial charge is 0.497 e. The van der Waals surface area contributed by atoms with Crippen LogP contribution in [0.5, 0.6) is 5.75 Å². The van der Waals surface area contributed by atoms with Crippen LogP contribution in [0.15, 0.2) is 24.3 Å². The number of amides is 1. The van der Waals surface area contributed by atoms with Gasteiger partial charge in [-0.05, 0) is 31.0 Å². The Labute approximate surface area is 112 Å². The molecule has 1 aromatic carbocycles. The van der Waals surface area contributed by atoms with E-state index in [1.165, 1.54) is 5.48 Å². The SMILES string of the molecule is COc1ccc(C(NCC(=O)NO)P(C)(C)=O)cc1. The van der Waals surface area contributed by atoms with Gasteiger partial charge in [0.05, 0.1) is 19.4 Å². The van der Waals surface area contributed by atoms with Gasteiger partial charge in [0.1, 0.15) is 12.9 Å². The van der Waals surface area contributed by atoms with E-state index in [9.17, 15) is 9.36 Å². The van der Waals surface area contributed by atoms with E-state index in [1.54, 1.807) is 44.7 Å². The topological polar surface area (TPSA) is 87.7 Å². The molecule has 0 saturated carbocycles. The predicted octanol–water partition coefficient (Wildman–Crippen LogP) is 1.41. The molecule has 0 aliphatic rings. The fourth-order valence-corrected chi connectivity index (χ4v) is 3.13. The number of hydroxylamine groups is 1. The lowest BCUT2D eigenvalue weighted by Crippen LogP contribution is -2.34. The Hall–Kier alpha value is -1.36. The molecule has 6 nitrogen and oxygen atoms in total. The minimum Gasteiger partial charge on any atom is -0.497 e. The van der Waals surface area contributed by atoms with Gasteiger partial charge < -0.3 is 9.30 Å².